The van der Waals surface area contributed by atoms with Gasteiger partial charge >= 0.3 is 12.1 Å². The Morgan fingerprint density at radius 1 is 1.19 bits per heavy atom. The van der Waals surface area contributed by atoms with Gasteiger partial charge in [-0.05, 0) is 31.4 Å². The molecule has 0 saturated carbocycles. The first kappa shape index (κ1) is 21.0. The number of carbonyl (C=O) groups excluding carboxylic acids is 1. The number of hydrogen-bond donors (Lipinski definition) is 0. The van der Waals surface area contributed by atoms with Crippen LogP contribution in [-0.4, -0.2) is 28.0 Å². The third kappa shape index (κ3) is 4.70. The zero-order valence-electron chi connectivity index (χ0n) is 16.2. The van der Waals surface area contributed by atoms with E-state index in [2.05, 4.69) is 5.10 Å². The van der Waals surface area contributed by atoms with Gasteiger partial charge in [0.15, 0.2) is 0 Å². The largest absolute Gasteiger partial charge is 0.452 e. The molecule has 0 unspecified atom stereocenters. The Bertz CT molecular complexity index is 796. The molecule has 0 fully saturated rings. The molecule has 0 aliphatic heterocycles. The Morgan fingerprint density at radius 3 is 2.26 bits per heavy atom. The molecule has 0 bridgehead atoms. The molecule has 0 aliphatic rings. The Hall–Kier alpha value is -2.31. The lowest BCUT2D eigenvalue weighted by Gasteiger charge is -2.35. The Morgan fingerprint density at radius 2 is 1.78 bits per heavy atom. The highest BCUT2D eigenvalue weighted by atomic mass is 19.4. The van der Waals surface area contributed by atoms with E-state index in [4.69, 9.17) is 4.74 Å². The van der Waals surface area contributed by atoms with Gasteiger partial charge < -0.3 is 4.74 Å². The fraction of sp³-hybridized carbons (Fsp3) is 0.500. The van der Waals surface area contributed by atoms with Gasteiger partial charge in [0.1, 0.15) is 0 Å². The van der Waals surface area contributed by atoms with Crippen molar-refractivity contribution < 1.29 is 22.7 Å². The van der Waals surface area contributed by atoms with Crippen molar-refractivity contribution in [3.8, 4) is 0 Å². The van der Waals surface area contributed by atoms with E-state index in [-0.39, 0.29) is 6.42 Å². The lowest BCUT2D eigenvalue weighted by molar-refractivity contribution is -0.236. The number of aromatic nitrogens is 2. The number of nitrogens with zero attached hydrogens (tertiary/aromatic N) is 2. The Balaban J connectivity index is 2.15. The van der Waals surface area contributed by atoms with Crippen molar-refractivity contribution in [3.05, 3.63) is 52.8 Å². The number of halogens is 3. The highest BCUT2D eigenvalue weighted by Crippen LogP contribution is 2.39. The van der Waals surface area contributed by atoms with Gasteiger partial charge in [0.2, 0.25) is 6.10 Å². The molecule has 0 aliphatic carbocycles. The van der Waals surface area contributed by atoms with E-state index in [1.807, 2.05) is 13.8 Å². The number of benzene rings is 1. The first-order valence-corrected chi connectivity index (χ1v) is 8.75. The van der Waals surface area contributed by atoms with E-state index in [1.165, 1.54) is 13.8 Å². The monoisotopic (exact) mass is 382 g/mol. The van der Waals surface area contributed by atoms with Gasteiger partial charge in [-0.2, -0.15) is 18.3 Å². The third-order valence-corrected chi connectivity index (χ3v) is 4.96. The average molecular weight is 382 g/mol. The molecule has 0 N–H and O–H groups in total. The van der Waals surface area contributed by atoms with Gasteiger partial charge in [-0.1, -0.05) is 44.2 Å². The first-order chi connectivity index (χ1) is 12.4. The lowest BCUT2D eigenvalue weighted by Crippen LogP contribution is -2.47. The molecular formula is C20H25F3N2O2. The summed E-state index contributed by atoms with van der Waals surface area (Å²) in [6.45, 7) is 6.54. The molecule has 1 atom stereocenters. The predicted octanol–water partition coefficient (Wildman–Crippen LogP) is 4.42. The van der Waals surface area contributed by atoms with Crippen LogP contribution in [0.25, 0.3) is 0 Å². The fourth-order valence-electron chi connectivity index (χ4n) is 3.24. The molecule has 0 radical (unpaired) electrons. The van der Waals surface area contributed by atoms with E-state index in [1.54, 1.807) is 42.1 Å². The summed E-state index contributed by atoms with van der Waals surface area (Å²) in [5.74, 6) is -0.871. The van der Waals surface area contributed by atoms with Crippen LogP contribution >= 0.6 is 0 Å². The average Bonchev–Trinajstić information content (AvgIpc) is 2.82. The van der Waals surface area contributed by atoms with Gasteiger partial charge in [-0.3, -0.25) is 9.48 Å². The fourth-order valence-corrected chi connectivity index (χ4v) is 3.24. The first-order valence-electron chi connectivity index (χ1n) is 8.75. The van der Waals surface area contributed by atoms with Gasteiger partial charge in [0.05, 0.1) is 5.69 Å². The summed E-state index contributed by atoms with van der Waals surface area (Å²) < 4.78 is 47.6. The highest BCUT2D eigenvalue weighted by molar-refractivity contribution is 5.70. The van der Waals surface area contributed by atoms with Crippen molar-refractivity contribution in [3.63, 3.8) is 0 Å². The number of carbonyl (C=O) groups is 1. The normalized spacial score (nSPS) is 13.5. The minimum Gasteiger partial charge on any atom is -0.452 e. The van der Waals surface area contributed by atoms with Crippen LogP contribution in [0.15, 0.2) is 30.3 Å². The molecule has 1 aromatic heterocycles. The summed E-state index contributed by atoms with van der Waals surface area (Å²) in [6.07, 6.45) is -6.74. The minimum absolute atomic E-state index is 0.134. The van der Waals surface area contributed by atoms with Crippen molar-refractivity contribution in [1.82, 2.24) is 9.78 Å². The van der Waals surface area contributed by atoms with Crippen LogP contribution in [0.4, 0.5) is 13.2 Å². The van der Waals surface area contributed by atoms with Crippen molar-refractivity contribution >= 4 is 5.97 Å². The van der Waals surface area contributed by atoms with Crippen molar-refractivity contribution in [2.45, 2.75) is 58.2 Å². The van der Waals surface area contributed by atoms with Gasteiger partial charge in [-0.15, -0.1) is 0 Å². The van der Waals surface area contributed by atoms with Gasteiger partial charge in [0.25, 0.3) is 0 Å². The standard InChI is InChI=1S/C20H25F3N2O2/c1-13-16(14(2)25(5)24-13)11-12-17(26)27-18(20(21,22)23)19(3,4)15-9-7-6-8-10-15/h6-10,18H,11-12H2,1-5H3/t18-/m0/s1. The smallest absolute Gasteiger partial charge is 0.426 e. The summed E-state index contributed by atoms with van der Waals surface area (Å²) >= 11 is 0. The molecule has 148 valence electrons. The van der Waals surface area contributed by atoms with Crippen molar-refractivity contribution in [1.29, 1.82) is 0 Å². The van der Waals surface area contributed by atoms with E-state index in [0.29, 0.717) is 12.0 Å². The molecule has 0 spiro atoms. The van der Waals surface area contributed by atoms with Crippen LogP contribution < -0.4 is 0 Å². The second kappa shape index (κ2) is 7.74. The molecular weight excluding hydrogens is 357 g/mol. The van der Waals surface area contributed by atoms with E-state index in [0.717, 1.165) is 17.0 Å². The SMILES string of the molecule is Cc1nn(C)c(C)c1CCC(=O)O[C@H](C(F)(F)F)C(C)(C)c1ccccc1. The molecule has 0 saturated heterocycles. The maximum absolute atomic E-state index is 13.7. The maximum Gasteiger partial charge on any atom is 0.426 e. The molecule has 2 aromatic rings. The second-order valence-corrected chi connectivity index (χ2v) is 7.27. The van der Waals surface area contributed by atoms with Gasteiger partial charge in [-0.25, -0.2) is 0 Å². The predicted molar refractivity (Wildman–Crippen MR) is 96.4 cm³/mol. The molecule has 1 heterocycles. The summed E-state index contributed by atoms with van der Waals surface area (Å²) in [5.41, 5.74) is 1.56. The maximum atomic E-state index is 13.7. The number of esters is 1. The number of ether oxygens (including phenoxy) is 1. The van der Waals surface area contributed by atoms with Crippen LogP contribution in [-0.2, 0) is 28.4 Å². The third-order valence-electron chi connectivity index (χ3n) is 4.96. The van der Waals surface area contributed by atoms with E-state index < -0.39 is 23.7 Å². The summed E-state index contributed by atoms with van der Waals surface area (Å²) in [5, 5.41) is 4.25. The zero-order chi connectivity index (χ0) is 20.4. The number of aryl methyl sites for hydroxylation is 2. The number of hydrogen-bond acceptors (Lipinski definition) is 3. The molecule has 0 amide bonds. The summed E-state index contributed by atoms with van der Waals surface area (Å²) in [7, 11) is 1.78. The van der Waals surface area contributed by atoms with Crippen LogP contribution in [0, 0.1) is 13.8 Å². The highest BCUT2D eigenvalue weighted by Gasteiger charge is 2.52. The van der Waals surface area contributed by atoms with Crippen LogP contribution in [0.3, 0.4) is 0 Å². The van der Waals surface area contributed by atoms with Crippen molar-refractivity contribution in [2.75, 3.05) is 0 Å². The van der Waals surface area contributed by atoms with Crippen LogP contribution in [0.2, 0.25) is 0 Å². The lowest BCUT2D eigenvalue weighted by atomic mass is 9.79. The molecule has 27 heavy (non-hydrogen) atoms. The van der Waals surface area contributed by atoms with Crippen LogP contribution in [0.1, 0.15) is 42.8 Å². The molecule has 4 nitrogen and oxygen atoms in total. The minimum atomic E-state index is -4.67. The van der Waals surface area contributed by atoms with Crippen LogP contribution in [0.5, 0.6) is 0 Å². The Labute approximate surface area is 157 Å². The van der Waals surface area contributed by atoms with E-state index >= 15 is 0 Å². The van der Waals surface area contributed by atoms with E-state index in [9.17, 15) is 18.0 Å². The molecule has 7 heteroatoms. The summed E-state index contributed by atoms with van der Waals surface area (Å²) in [4.78, 5) is 12.2. The second-order valence-electron chi connectivity index (χ2n) is 7.27. The topological polar surface area (TPSA) is 44.1 Å². The van der Waals surface area contributed by atoms with Gasteiger partial charge in [0, 0.05) is 24.6 Å². The number of alkyl halides is 3. The molecule has 2 rings (SSSR count). The summed E-state index contributed by atoms with van der Waals surface area (Å²) in [6, 6.07) is 8.28. The quantitative estimate of drug-likeness (QED) is 0.695. The zero-order valence-corrected chi connectivity index (χ0v) is 16.2. The Kier molecular flexibility index (Phi) is 6.02. The molecule has 1 aromatic carbocycles. The van der Waals surface area contributed by atoms with Crippen molar-refractivity contribution in [2.24, 2.45) is 7.05 Å². The number of rotatable bonds is 6.